The van der Waals surface area contributed by atoms with Crippen molar-refractivity contribution < 1.29 is 4.74 Å². The van der Waals surface area contributed by atoms with Crippen molar-refractivity contribution in [3.05, 3.63) is 45.9 Å². The average molecular weight is 282 g/mol. The lowest BCUT2D eigenvalue weighted by Crippen LogP contribution is -1.91. The maximum absolute atomic E-state index is 6.24. The second-order valence-electron chi connectivity index (χ2n) is 4.04. The van der Waals surface area contributed by atoms with Crippen LogP contribution in [0.25, 0.3) is 11.1 Å². The van der Waals surface area contributed by atoms with Gasteiger partial charge in [-0.3, -0.25) is 0 Å². The van der Waals surface area contributed by atoms with Crippen LogP contribution in [0.3, 0.4) is 0 Å². The van der Waals surface area contributed by atoms with Crippen LogP contribution in [0.4, 0.5) is 5.69 Å². The van der Waals surface area contributed by atoms with E-state index in [0.717, 1.165) is 22.4 Å². The summed E-state index contributed by atoms with van der Waals surface area (Å²) >= 11 is 12.4. The number of nitrogen functional groups attached to an aromatic ring is 1. The second-order valence-corrected chi connectivity index (χ2v) is 4.85. The molecule has 0 amide bonds. The SMILES string of the molecule is COc1cc(Cl)c(-c2ccc(N)c(C)c2)cc1Cl. The zero-order valence-electron chi connectivity index (χ0n) is 10.1. The molecule has 94 valence electrons. The molecule has 0 aliphatic carbocycles. The van der Waals surface area contributed by atoms with Crippen molar-refractivity contribution in [1.82, 2.24) is 0 Å². The van der Waals surface area contributed by atoms with E-state index in [4.69, 9.17) is 33.7 Å². The maximum atomic E-state index is 6.24. The van der Waals surface area contributed by atoms with Crippen molar-refractivity contribution in [2.24, 2.45) is 0 Å². The van der Waals surface area contributed by atoms with E-state index in [-0.39, 0.29) is 0 Å². The highest BCUT2D eigenvalue weighted by Gasteiger charge is 2.10. The van der Waals surface area contributed by atoms with Gasteiger partial charge < -0.3 is 10.5 Å². The number of benzene rings is 2. The van der Waals surface area contributed by atoms with Gasteiger partial charge in [0.1, 0.15) is 5.75 Å². The predicted molar refractivity (Wildman–Crippen MR) is 77.6 cm³/mol. The van der Waals surface area contributed by atoms with Crippen LogP contribution in [0.1, 0.15) is 5.56 Å². The first-order valence-electron chi connectivity index (χ1n) is 5.42. The molecule has 0 atom stereocenters. The molecule has 0 aromatic heterocycles. The van der Waals surface area contributed by atoms with Gasteiger partial charge in [0.25, 0.3) is 0 Å². The Bertz CT molecular complexity index is 597. The first-order valence-corrected chi connectivity index (χ1v) is 6.18. The van der Waals surface area contributed by atoms with E-state index < -0.39 is 0 Å². The molecule has 0 saturated heterocycles. The highest BCUT2D eigenvalue weighted by Crippen LogP contribution is 2.37. The van der Waals surface area contributed by atoms with Crippen molar-refractivity contribution in [2.75, 3.05) is 12.8 Å². The lowest BCUT2D eigenvalue weighted by molar-refractivity contribution is 0.415. The Kier molecular flexibility index (Phi) is 3.69. The summed E-state index contributed by atoms with van der Waals surface area (Å²) in [6.45, 7) is 1.96. The van der Waals surface area contributed by atoms with Crippen molar-refractivity contribution in [3.63, 3.8) is 0 Å². The number of anilines is 1. The molecule has 0 saturated carbocycles. The maximum Gasteiger partial charge on any atom is 0.138 e. The van der Waals surface area contributed by atoms with E-state index in [2.05, 4.69) is 0 Å². The van der Waals surface area contributed by atoms with Crippen LogP contribution >= 0.6 is 23.2 Å². The standard InChI is InChI=1S/C14H13Cl2NO/c1-8-5-9(3-4-13(8)17)10-6-12(16)14(18-2)7-11(10)15/h3-7H,17H2,1-2H3. The Morgan fingerprint density at radius 1 is 1.06 bits per heavy atom. The summed E-state index contributed by atoms with van der Waals surface area (Å²) in [5.74, 6) is 0.567. The van der Waals surface area contributed by atoms with E-state index >= 15 is 0 Å². The zero-order valence-corrected chi connectivity index (χ0v) is 11.6. The zero-order chi connectivity index (χ0) is 13.3. The van der Waals surface area contributed by atoms with Crippen molar-refractivity contribution in [1.29, 1.82) is 0 Å². The molecule has 2 aromatic carbocycles. The molecule has 2 nitrogen and oxygen atoms in total. The predicted octanol–water partition coefficient (Wildman–Crippen LogP) is 4.56. The van der Waals surface area contributed by atoms with Gasteiger partial charge in [-0.05, 0) is 36.2 Å². The Morgan fingerprint density at radius 3 is 2.39 bits per heavy atom. The van der Waals surface area contributed by atoms with Crippen LogP contribution in [0, 0.1) is 6.92 Å². The van der Waals surface area contributed by atoms with Gasteiger partial charge in [-0.15, -0.1) is 0 Å². The number of hydrogen-bond acceptors (Lipinski definition) is 2. The molecule has 0 bridgehead atoms. The third kappa shape index (κ3) is 2.40. The monoisotopic (exact) mass is 281 g/mol. The molecule has 0 aliphatic rings. The van der Waals surface area contributed by atoms with Crippen LogP contribution in [0.2, 0.25) is 10.0 Å². The third-order valence-corrected chi connectivity index (χ3v) is 3.43. The second kappa shape index (κ2) is 5.09. The molecule has 18 heavy (non-hydrogen) atoms. The Labute approximate surface area is 116 Å². The van der Waals surface area contributed by atoms with Crippen LogP contribution in [0.15, 0.2) is 30.3 Å². The Hall–Kier alpha value is -1.38. The summed E-state index contributed by atoms with van der Waals surface area (Å²) in [7, 11) is 1.56. The van der Waals surface area contributed by atoms with E-state index in [9.17, 15) is 0 Å². The van der Waals surface area contributed by atoms with Crippen LogP contribution in [-0.2, 0) is 0 Å². The van der Waals surface area contributed by atoms with Crippen LogP contribution in [-0.4, -0.2) is 7.11 Å². The minimum Gasteiger partial charge on any atom is -0.495 e. The van der Waals surface area contributed by atoms with Gasteiger partial charge >= 0.3 is 0 Å². The summed E-state index contributed by atoms with van der Waals surface area (Å²) in [4.78, 5) is 0. The molecular weight excluding hydrogens is 269 g/mol. The molecule has 0 aliphatic heterocycles. The fourth-order valence-electron chi connectivity index (χ4n) is 1.75. The topological polar surface area (TPSA) is 35.2 Å². The van der Waals surface area contributed by atoms with E-state index in [1.807, 2.05) is 25.1 Å². The lowest BCUT2D eigenvalue weighted by Gasteiger charge is -2.10. The molecule has 0 radical (unpaired) electrons. The first-order chi connectivity index (χ1) is 8.52. The largest absolute Gasteiger partial charge is 0.495 e. The Morgan fingerprint density at radius 2 is 1.78 bits per heavy atom. The molecule has 2 N–H and O–H groups in total. The van der Waals surface area contributed by atoms with E-state index in [1.54, 1.807) is 19.2 Å². The molecule has 4 heteroatoms. The molecule has 0 heterocycles. The smallest absolute Gasteiger partial charge is 0.138 e. The van der Waals surface area contributed by atoms with Gasteiger partial charge in [0.2, 0.25) is 0 Å². The lowest BCUT2D eigenvalue weighted by atomic mass is 10.0. The summed E-state index contributed by atoms with van der Waals surface area (Å²) in [5.41, 5.74) is 9.42. The number of aryl methyl sites for hydroxylation is 1. The quantitative estimate of drug-likeness (QED) is 0.819. The highest BCUT2D eigenvalue weighted by molar-refractivity contribution is 6.36. The van der Waals surface area contributed by atoms with Gasteiger partial charge in [0, 0.05) is 17.3 Å². The third-order valence-electron chi connectivity index (χ3n) is 2.82. The molecule has 0 spiro atoms. The molecular formula is C14H13Cl2NO. The number of ether oxygens (including phenoxy) is 1. The molecule has 2 aromatic rings. The minimum atomic E-state index is 0.534. The van der Waals surface area contributed by atoms with E-state index in [1.165, 1.54) is 0 Å². The molecule has 2 rings (SSSR count). The highest BCUT2D eigenvalue weighted by atomic mass is 35.5. The number of methoxy groups -OCH3 is 1. The summed E-state index contributed by atoms with van der Waals surface area (Å²) < 4.78 is 5.12. The van der Waals surface area contributed by atoms with Gasteiger partial charge in [-0.1, -0.05) is 29.3 Å². The van der Waals surface area contributed by atoms with Crippen molar-refractivity contribution >= 4 is 28.9 Å². The number of nitrogens with two attached hydrogens (primary N) is 1. The van der Waals surface area contributed by atoms with Gasteiger partial charge in [-0.25, -0.2) is 0 Å². The summed E-state index contributed by atoms with van der Waals surface area (Å²) in [6, 6.07) is 9.28. The van der Waals surface area contributed by atoms with Gasteiger partial charge in [-0.2, -0.15) is 0 Å². The molecule has 0 unspecified atom stereocenters. The minimum absolute atomic E-state index is 0.534. The Balaban J connectivity index is 2.57. The first kappa shape index (κ1) is 13.1. The summed E-state index contributed by atoms with van der Waals surface area (Å²) in [6.07, 6.45) is 0. The van der Waals surface area contributed by atoms with Crippen molar-refractivity contribution in [2.45, 2.75) is 6.92 Å². The normalized spacial score (nSPS) is 10.4. The fraction of sp³-hybridized carbons (Fsp3) is 0.143. The number of halogens is 2. The van der Waals surface area contributed by atoms with E-state index in [0.29, 0.717) is 15.8 Å². The van der Waals surface area contributed by atoms with Crippen molar-refractivity contribution in [3.8, 4) is 16.9 Å². The number of hydrogen-bond donors (Lipinski definition) is 1. The van der Waals surface area contributed by atoms with Gasteiger partial charge in [0.05, 0.1) is 17.2 Å². The van der Waals surface area contributed by atoms with Gasteiger partial charge in [0.15, 0.2) is 0 Å². The number of rotatable bonds is 2. The van der Waals surface area contributed by atoms with Crippen LogP contribution in [0.5, 0.6) is 5.75 Å². The molecule has 0 fully saturated rings. The van der Waals surface area contributed by atoms with Crippen LogP contribution < -0.4 is 10.5 Å². The summed E-state index contributed by atoms with van der Waals surface area (Å²) in [5, 5.41) is 1.13. The fourth-order valence-corrected chi connectivity index (χ4v) is 2.25. The average Bonchev–Trinajstić information content (AvgIpc) is 2.35.